The molecule has 0 aromatic heterocycles. The van der Waals surface area contributed by atoms with E-state index in [2.05, 4.69) is 40.2 Å². The van der Waals surface area contributed by atoms with Crippen molar-refractivity contribution >= 4 is 35.4 Å². The monoisotopic (exact) mass is 629 g/mol. The maximum atomic E-state index is 11.7. The number of alkyl carbamates (subject to hydrolysis) is 1. The number of amides is 1. The van der Waals surface area contributed by atoms with E-state index in [4.69, 9.17) is 9.47 Å². The Kier molecular flexibility index (Phi) is 19.7. The molecule has 0 heterocycles. The van der Waals surface area contributed by atoms with Crippen LogP contribution in [0.3, 0.4) is 0 Å². The van der Waals surface area contributed by atoms with Crippen LogP contribution in [-0.2, 0) is 23.9 Å². The molecule has 1 amide bonds. The number of esters is 1. The Balaban J connectivity index is 0.000000406. The molecule has 9 nitrogen and oxygen atoms in total. The van der Waals surface area contributed by atoms with Crippen LogP contribution in [0.5, 0.6) is 0 Å². The van der Waals surface area contributed by atoms with Crippen molar-refractivity contribution < 1.29 is 28.7 Å². The summed E-state index contributed by atoms with van der Waals surface area (Å²) in [6, 6.07) is 16.6. The van der Waals surface area contributed by atoms with E-state index in [1.807, 2.05) is 52.2 Å². The van der Waals surface area contributed by atoms with Gasteiger partial charge in [0, 0.05) is 49.8 Å². The second kappa shape index (κ2) is 22.3. The molecule has 0 spiro atoms. The maximum absolute atomic E-state index is 11.7. The largest absolute Gasteiger partial charge is 0.465 e. The number of rotatable bonds is 15. The van der Waals surface area contributed by atoms with Gasteiger partial charge < -0.3 is 25.4 Å². The molecule has 3 rings (SSSR count). The van der Waals surface area contributed by atoms with Crippen molar-refractivity contribution in [2.45, 2.75) is 46.0 Å². The zero-order chi connectivity index (χ0) is 32.9. The highest BCUT2D eigenvalue weighted by atomic mass is 32.2. The summed E-state index contributed by atoms with van der Waals surface area (Å²) in [7, 11) is 7.07. The predicted octanol–water partition coefficient (Wildman–Crippen LogP) is 5.07. The van der Waals surface area contributed by atoms with Crippen LogP contribution < -0.4 is 16.0 Å². The third-order valence-electron chi connectivity index (χ3n) is 6.85. The van der Waals surface area contributed by atoms with E-state index in [1.54, 1.807) is 32.8 Å². The van der Waals surface area contributed by atoms with Crippen molar-refractivity contribution in [3.63, 3.8) is 0 Å². The Morgan fingerprint density at radius 1 is 0.841 bits per heavy atom. The third-order valence-corrected chi connectivity index (χ3v) is 8.29. The van der Waals surface area contributed by atoms with E-state index < -0.39 is 0 Å². The molecular formula is C34H51N3O6S. The van der Waals surface area contributed by atoms with Crippen molar-refractivity contribution in [1.29, 1.82) is 0 Å². The maximum Gasteiger partial charge on any atom is 0.406 e. The van der Waals surface area contributed by atoms with E-state index >= 15 is 0 Å². The Morgan fingerprint density at radius 3 is 1.91 bits per heavy atom. The number of benzene rings is 2. The minimum atomic E-state index is -0.387. The molecule has 0 fully saturated rings. The van der Waals surface area contributed by atoms with Crippen molar-refractivity contribution in [3.05, 3.63) is 59.7 Å². The molecule has 0 unspecified atom stereocenters. The van der Waals surface area contributed by atoms with E-state index in [-0.39, 0.29) is 48.0 Å². The van der Waals surface area contributed by atoms with Gasteiger partial charge in [0.15, 0.2) is 0 Å². The van der Waals surface area contributed by atoms with Gasteiger partial charge in [0.25, 0.3) is 0 Å². The number of likely N-dealkylation sites (N-methyl/N-ethyl adjacent to an activating group) is 1. The van der Waals surface area contributed by atoms with Gasteiger partial charge in [-0.3, -0.25) is 14.4 Å². The lowest BCUT2D eigenvalue weighted by Crippen LogP contribution is -2.26. The smallest absolute Gasteiger partial charge is 0.406 e. The van der Waals surface area contributed by atoms with Crippen LogP contribution in [0.1, 0.15) is 57.1 Å². The summed E-state index contributed by atoms with van der Waals surface area (Å²) >= 11 is 1.64. The molecule has 0 aliphatic heterocycles. The Morgan fingerprint density at radius 2 is 1.41 bits per heavy atom. The van der Waals surface area contributed by atoms with Gasteiger partial charge in [0.2, 0.25) is 0 Å². The molecule has 2 atom stereocenters. The first kappa shape index (κ1) is 38.8. The number of carbonyl (C=O) groups is 4. The van der Waals surface area contributed by atoms with E-state index in [9.17, 15) is 19.2 Å². The number of ether oxygens (including phenoxy) is 2. The minimum Gasteiger partial charge on any atom is -0.465 e. The number of hydrogen-bond donors (Lipinski definition) is 3. The van der Waals surface area contributed by atoms with Gasteiger partial charge in [-0.15, -0.1) is 0 Å². The fraction of sp³-hybridized carbons (Fsp3) is 0.529. The molecule has 1 aliphatic rings. The van der Waals surface area contributed by atoms with Crippen LogP contribution in [0.15, 0.2) is 48.5 Å². The lowest BCUT2D eigenvalue weighted by molar-refractivity contribution is -0.145. The summed E-state index contributed by atoms with van der Waals surface area (Å²) < 4.78 is 10.4. The molecule has 0 saturated heterocycles. The Hall–Kier alpha value is -3.21. The standard InChI is InChI=1S/C16H29NO4S.C16H15NO2.C2H7N/c1-5-14(18)7-13(9-21-16(20)6-2)11-22-10-12(3)15(19)8-17-4;1-17-16(18)19-10-15-13-8-4-2-6-11(13)12-7-3-5-9-14(12)15;1-3-2/h12-13,17H,5-11H2,1-4H3;2-9,15H,10H2,1H3,(H,17,18);3H,1-2H3/t12-,13-;;/m0../s1. The van der Waals surface area contributed by atoms with E-state index in [1.165, 1.54) is 22.3 Å². The minimum absolute atomic E-state index is 0.0156. The van der Waals surface area contributed by atoms with E-state index in [0.717, 1.165) is 11.5 Å². The van der Waals surface area contributed by atoms with Crippen LogP contribution in [-0.4, -0.2) is 83.1 Å². The first-order valence-electron chi connectivity index (χ1n) is 15.2. The zero-order valence-electron chi connectivity index (χ0n) is 27.4. The highest BCUT2D eigenvalue weighted by Gasteiger charge is 2.28. The number of fused-ring (bicyclic) bond motifs is 3. The summed E-state index contributed by atoms with van der Waals surface area (Å²) in [5.41, 5.74) is 4.94. The summed E-state index contributed by atoms with van der Waals surface area (Å²) in [5.74, 6) is 1.71. The molecule has 44 heavy (non-hydrogen) atoms. The number of ketones is 2. The molecule has 2 aromatic rings. The normalized spacial score (nSPS) is 12.6. The predicted molar refractivity (Wildman–Crippen MR) is 179 cm³/mol. The van der Waals surface area contributed by atoms with Gasteiger partial charge >= 0.3 is 12.1 Å². The van der Waals surface area contributed by atoms with Gasteiger partial charge in [-0.05, 0) is 49.1 Å². The lowest BCUT2D eigenvalue weighted by Gasteiger charge is -2.17. The number of Topliss-reactive ketones (excluding diaryl/α,β-unsaturated/α-hetero) is 2. The summed E-state index contributed by atoms with van der Waals surface area (Å²) in [6.07, 6.45) is 0.887. The average molecular weight is 630 g/mol. The van der Waals surface area contributed by atoms with Gasteiger partial charge in [-0.2, -0.15) is 11.8 Å². The van der Waals surface area contributed by atoms with Crippen molar-refractivity contribution in [1.82, 2.24) is 16.0 Å². The third kappa shape index (κ3) is 13.6. The molecular weight excluding hydrogens is 578 g/mol. The first-order chi connectivity index (χ1) is 21.2. The van der Waals surface area contributed by atoms with Crippen LogP contribution in [0.2, 0.25) is 0 Å². The molecule has 0 bridgehead atoms. The second-order valence-electron chi connectivity index (χ2n) is 10.5. The van der Waals surface area contributed by atoms with Gasteiger partial charge in [0.05, 0.1) is 13.2 Å². The first-order valence-corrected chi connectivity index (χ1v) is 16.4. The zero-order valence-corrected chi connectivity index (χ0v) is 28.2. The number of thioether (sulfide) groups is 1. The molecule has 0 radical (unpaired) electrons. The average Bonchev–Trinajstić information content (AvgIpc) is 3.36. The highest BCUT2D eigenvalue weighted by Crippen LogP contribution is 2.44. The van der Waals surface area contributed by atoms with Gasteiger partial charge in [0.1, 0.15) is 18.2 Å². The Bertz CT molecular complexity index is 1130. The topological polar surface area (TPSA) is 123 Å². The van der Waals surface area contributed by atoms with E-state index in [0.29, 0.717) is 32.4 Å². The SMILES string of the molecule is CCC(=O)C[C@@H](COC(=O)CC)CSC[C@H](C)C(=O)CNC.CNC.CNC(=O)OCC1c2ccccc2-c2ccccc21. The van der Waals surface area contributed by atoms with Gasteiger partial charge in [-0.1, -0.05) is 69.3 Å². The number of carbonyl (C=O) groups excluding carboxylic acids is 4. The van der Waals surface area contributed by atoms with Crippen molar-refractivity contribution in [2.24, 2.45) is 11.8 Å². The fourth-order valence-corrected chi connectivity index (χ4v) is 5.69. The molecule has 0 saturated carbocycles. The molecule has 3 N–H and O–H groups in total. The van der Waals surface area contributed by atoms with Crippen LogP contribution in [0.4, 0.5) is 4.79 Å². The summed E-state index contributed by atoms with van der Waals surface area (Å²) in [4.78, 5) is 45.8. The van der Waals surface area contributed by atoms with Crippen LogP contribution in [0, 0.1) is 11.8 Å². The molecule has 244 valence electrons. The Labute approximate surface area is 267 Å². The summed E-state index contributed by atoms with van der Waals surface area (Å²) in [5, 5.41) is 8.09. The number of hydrogen-bond acceptors (Lipinski definition) is 9. The number of nitrogens with one attached hydrogen (secondary N) is 3. The molecule has 1 aliphatic carbocycles. The van der Waals surface area contributed by atoms with Crippen molar-refractivity contribution in [2.75, 3.05) is 59.5 Å². The fourth-order valence-electron chi connectivity index (χ4n) is 4.47. The van der Waals surface area contributed by atoms with Crippen LogP contribution in [0.25, 0.3) is 11.1 Å². The van der Waals surface area contributed by atoms with Gasteiger partial charge in [-0.25, -0.2) is 4.79 Å². The second-order valence-corrected chi connectivity index (χ2v) is 11.6. The molecule has 10 heteroatoms. The van der Waals surface area contributed by atoms with Crippen molar-refractivity contribution in [3.8, 4) is 11.1 Å². The summed E-state index contributed by atoms with van der Waals surface area (Å²) in [6.45, 7) is 6.53. The lowest BCUT2D eigenvalue weighted by atomic mass is 9.98. The quantitative estimate of drug-likeness (QED) is 0.232. The highest BCUT2D eigenvalue weighted by molar-refractivity contribution is 7.99. The molecule has 2 aromatic carbocycles. The van der Waals surface area contributed by atoms with Crippen LogP contribution >= 0.6 is 11.8 Å².